The number of hydrogen-bond acceptors (Lipinski definition) is 3. The van der Waals surface area contributed by atoms with Crippen LogP contribution in [0, 0.1) is 0 Å². The SMILES string of the molecule is CC1(C)C=Nc2ccc(OC=O)cc21. The summed E-state index contributed by atoms with van der Waals surface area (Å²) >= 11 is 0. The number of benzene rings is 1. The monoisotopic (exact) mass is 189 g/mol. The van der Waals surface area contributed by atoms with E-state index in [2.05, 4.69) is 18.8 Å². The number of rotatable bonds is 2. The molecule has 3 heteroatoms. The number of nitrogens with zero attached hydrogens (tertiary/aromatic N) is 1. The molecule has 1 aromatic rings. The molecule has 0 saturated carbocycles. The third kappa shape index (κ3) is 1.31. The molecule has 0 aliphatic carbocycles. The molecule has 14 heavy (non-hydrogen) atoms. The summed E-state index contributed by atoms with van der Waals surface area (Å²) in [6, 6.07) is 5.46. The van der Waals surface area contributed by atoms with Crippen molar-refractivity contribution in [2.45, 2.75) is 19.3 Å². The minimum Gasteiger partial charge on any atom is -0.429 e. The maximum Gasteiger partial charge on any atom is 0.298 e. The van der Waals surface area contributed by atoms with Gasteiger partial charge in [0.1, 0.15) is 5.75 Å². The molecule has 1 heterocycles. The van der Waals surface area contributed by atoms with Gasteiger partial charge in [0.15, 0.2) is 0 Å². The summed E-state index contributed by atoms with van der Waals surface area (Å²) in [4.78, 5) is 14.5. The predicted octanol–water partition coefficient (Wildman–Crippen LogP) is 2.22. The molecular formula is C11H11NO2. The molecule has 0 fully saturated rings. The van der Waals surface area contributed by atoms with Gasteiger partial charge >= 0.3 is 0 Å². The zero-order valence-corrected chi connectivity index (χ0v) is 8.15. The Kier molecular flexibility index (Phi) is 1.88. The third-order valence-corrected chi connectivity index (χ3v) is 2.37. The van der Waals surface area contributed by atoms with E-state index < -0.39 is 0 Å². The first-order chi connectivity index (χ1) is 6.63. The molecule has 1 aromatic carbocycles. The molecule has 0 radical (unpaired) electrons. The van der Waals surface area contributed by atoms with Crippen LogP contribution in [0.1, 0.15) is 19.4 Å². The number of ether oxygens (including phenoxy) is 1. The largest absolute Gasteiger partial charge is 0.429 e. The number of carbonyl (C=O) groups excluding carboxylic acids is 1. The number of aliphatic imine (C=N–C) groups is 1. The minimum absolute atomic E-state index is 0.0718. The van der Waals surface area contributed by atoms with E-state index in [1.165, 1.54) is 0 Å². The summed E-state index contributed by atoms with van der Waals surface area (Å²) < 4.78 is 4.79. The smallest absolute Gasteiger partial charge is 0.298 e. The van der Waals surface area contributed by atoms with Crippen molar-refractivity contribution in [2.24, 2.45) is 4.99 Å². The Morgan fingerprint density at radius 3 is 2.93 bits per heavy atom. The van der Waals surface area contributed by atoms with E-state index in [4.69, 9.17) is 4.74 Å². The Hall–Kier alpha value is -1.64. The van der Waals surface area contributed by atoms with Gasteiger partial charge in [0, 0.05) is 11.6 Å². The normalized spacial score (nSPS) is 16.4. The summed E-state index contributed by atoms with van der Waals surface area (Å²) in [6.45, 7) is 4.59. The lowest BCUT2D eigenvalue weighted by atomic mass is 9.87. The fourth-order valence-corrected chi connectivity index (χ4v) is 1.57. The maximum atomic E-state index is 10.2. The number of hydrogen-bond donors (Lipinski definition) is 0. The van der Waals surface area contributed by atoms with Gasteiger partial charge in [-0.3, -0.25) is 9.79 Å². The molecule has 0 amide bonds. The standard InChI is InChI=1S/C11H11NO2/c1-11(2)6-12-10-4-3-8(14-7-13)5-9(10)11/h3-7H,1-2H3. The van der Waals surface area contributed by atoms with Crippen molar-refractivity contribution in [3.63, 3.8) is 0 Å². The van der Waals surface area contributed by atoms with Gasteiger partial charge < -0.3 is 4.74 Å². The molecule has 2 rings (SSSR count). The molecule has 0 N–H and O–H groups in total. The molecule has 0 atom stereocenters. The van der Waals surface area contributed by atoms with Crippen LogP contribution in [0.2, 0.25) is 0 Å². The fourth-order valence-electron chi connectivity index (χ4n) is 1.57. The highest BCUT2D eigenvalue weighted by Gasteiger charge is 2.26. The van der Waals surface area contributed by atoms with Crippen LogP contribution in [-0.4, -0.2) is 12.7 Å². The minimum atomic E-state index is -0.0718. The highest BCUT2D eigenvalue weighted by atomic mass is 16.5. The van der Waals surface area contributed by atoms with Crippen LogP contribution >= 0.6 is 0 Å². The fraction of sp³-hybridized carbons (Fsp3) is 0.273. The van der Waals surface area contributed by atoms with Gasteiger partial charge in [-0.1, -0.05) is 13.8 Å². The van der Waals surface area contributed by atoms with Crippen LogP contribution in [0.4, 0.5) is 5.69 Å². The van der Waals surface area contributed by atoms with E-state index >= 15 is 0 Å². The number of carbonyl (C=O) groups is 1. The van der Waals surface area contributed by atoms with Crippen LogP contribution in [0.5, 0.6) is 5.75 Å². The Labute approximate surface area is 82.4 Å². The van der Waals surface area contributed by atoms with E-state index in [1.54, 1.807) is 6.07 Å². The third-order valence-electron chi connectivity index (χ3n) is 2.37. The Bertz CT molecular complexity index is 408. The van der Waals surface area contributed by atoms with Crippen LogP contribution in [0.3, 0.4) is 0 Å². The summed E-state index contributed by atoms with van der Waals surface area (Å²) in [5, 5.41) is 0. The maximum absolute atomic E-state index is 10.2. The van der Waals surface area contributed by atoms with Crippen LogP contribution in [0.15, 0.2) is 23.2 Å². The molecule has 0 bridgehead atoms. The summed E-state index contributed by atoms with van der Waals surface area (Å²) in [6.07, 6.45) is 1.91. The second kappa shape index (κ2) is 2.94. The van der Waals surface area contributed by atoms with Gasteiger partial charge in [-0.15, -0.1) is 0 Å². The lowest BCUT2D eigenvalue weighted by Crippen LogP contribution is -2.14. The molecule has 72 valence electrons. The van der Waals surface area contributed by atoms with Gasteiger partial charge in [-0.25, -0.2) is 0 Å². The van der Waals surface area contributed by atoms with E-state index in [1.807, 2.05) is 18.3 Å². The van der Waals surface area contributed by atoms with Crippen molar-refractivity contribution in [1.82, 2.24) is 0 Å². The van der Waals surface area contributed by atoms with Crippen molar-refractivity contribution in [3.8, 4) is 5.75 Å². The van der Waals surface area contributed by atoms with Gasteiger partial charge in [0.2, 0.25) is 0 Å². The predicted molar refractivity (Wildman–Crippen MR) is 54.3 cm³/mol. The first kappa shape index (κ1) is 8.94. The van der Waals surface area contributed by atoms with Gasteiger partial charge in [-0.05, 0) is 23.8 Å². The quantitative estimate of drug-likeness (QED) is 0.669. The first-order valence-electron chi connectivity index (χ1n) is 4.43. The van der Waals surface area contributed by atoms with Crippen LogP contribution < -0.4 is 4.74 Å². The zero-order valence-electron chi connectivity index (χ0n) is 8.15. The zero-order chi connectivity index (χ0) is 10.2. The molecule has 1 aliphatic rings. The average Bonchev–Trinajstić information content (AvgIpc) is 2.44. The second-order valence-electron chi connectivity index (χ2n) is 3.87. The second-order valence-corrected chi connectivity index (χ2v) is 3.87. The van der Waals surface area contributed by atoms with E-state index in [0.29, 0.717) is 12.2 Å². The Morgan fingerprint density at radius 2 is 2.21 bits per heavy atom. The van der Waals surface area contributed by atoms with Gasteiger partial charge in [-0.2, -0.15) is 0 Å². The van der Waals surface area contributed by atoms with Crippen molar-refractivity contribution >= 4 is 18.4 Å². The first-order valence-corrected chi connectivity index (χ1v) is 4.43. The Balaban J connectivity index is 2.46. The molecule has 0 spiro atoms. The van der Waals surface area contributed by atoms with Crippen molar-refractivity contribution in [2.75, 3.05) is 0 Å². The van der Waals surface area contributed by atoms with Crippen LogP contribution in [0.25, 0.3) is 0 Å². The molecule has 3 nitrogen and oxygen atoms in total. The van der Waals surface area contributed by atoms with E-state index in [0.717, 1.165) is 11.3 Å². The van der Waals surface area contributed by atoms with E-state index in [-0.39, 0.29) is 5.41 Å². The summed E-state index contributed by atoms with van der Waals surface area (Å²) in [5.41, 5.74) is 1.97. The molecule has 0 saturated heterocycles. The molecule has 0 unspecified atom stereocenters. The average molecular weight is 189 g/mol. The van der Waals surface area contributed by atoms with Crippen molar-refractivity contribution in [3.05, 3.63) is 23.8 Å². The Morgan fingerprint density at radius 1 is 1.43 bits per heavy atom. The van der Waals surface area contributed by atoms with Gasteiger partial charge in [0.05, 0.1) is 5.69 Å². The molecule has 1 aliphatic heterocycles. The van der Waals surface area contributed by atoms with Gasteiger partial charge in [0.25, 0.3) is 6.47 Å². The molecular weight excluding hydrogens is 178 g/mol. The number of fused-ring (bicyclic) bond motifs is 1. The topological polar surface area (TPSA) is 38.7 Å². The van der Waals surface area contributed by atoms with Crippen molar-refractivity contribution in [1.29, 1.82) is 0 Å². The lowest BCUT2D eigenvalue weighted by Gasteiger charge is -2.15. The highest BCUT2D eigenvalue weighted by molar-refractivity contribution is 5.84. The highest BCUT2D eigenvalue weighted by Crippen LogP contribution is 2.38. The van der Waals surface area contributed by atoms with E-state index in [9.17, 15) is 4.79 Å². The van der Waals surface area contributed by atoms with Crippen LogP contribution in [-0.2, 0) is 10.2 Å². The summed E-state index contributed by atoms with van der Waals surface area (Å²) in [7, 11) is 0. The lowest BCUT2D eigenvalue weighted by molar-refractivity contribution is -0.120. The summed E-state index contributed by atoms with van der Waals surface area (Å²) in [5.74, 6) is 0.567. The molecule has 0 aromatic heterocycles. The van der Waals surface area contributed by atoms with Crippen molar-refractivity contribution < 1.29 is 9.53 Å².